The molecule has 0 saturated carbocycles. The predicted molar refractivity (Wildman–Crippen MR) is 94.0 cm³/mol. The van der Waals surface area contributed by atoms with Gasteiger partial charge in [-0.25, -0.2) is 0 Å². The Bertz CT molecular complexity index is 861. The number of Topliss-reactive ketones (excluding diaryl/α,β-unsaturated/α-hetero) is 1. The highest BCUT2D eigenvalue weighted by molar-refractivity contribution is 5.94. The summed E-state index contributed by atoms with van der Waals surface area (Å²) in [6.07, 6.45) is 1.56. The molecular weight excluding hydrogens is 302 g/mol. The van der Waals surface area contributed by atoms with Crippen LogP contribution in [0, 0.1) is 6.92 Å². The highest BCUT2D eigenvalue weighted by Gasteiger charge is 2.04. The average molecular weight is 319 g/mol. The van der Waals surface area contributed by atoms with Crippen LogP contribution in [0.3, 0.4) is 0 Å². The maximum Gasteiger partial charge on any atom is 0.249 e. The molecule has 6 heteroatoms. The second kappa shape index (κ2) is 6.87. The number of carbonyl (C=O) groups is 1. The van der Waals surface area contributed by atoms with Crippen LogP contribution in [0.25, 0.3) is 0 Å². The molecule has 3 rings (SSSR count). The van der Waals surface area contributed by atoms with Crippen molar-refractivity contribution in [1.29, 1.82) is 0 Å². The SMILES string of the molecule is CC(=O)c1ccc(Nc2nncc(Nc3cccc(C)c3)n2)cc1. The third-order valence-corrected chi connectivity index (χ3v) is 3.40. The zero-order valence-corrected chi connectivity index (χ0v) is 13.4. The van der Waals surface area contributed by atoms with Crippen LogP contribution < -0.4 is 10.6 Å². The molecule has 1 aromatic heterocycles. The van der Waals surface area contributed by atoms with E-state index in [9.17, 15) is 4.79 Å². The summed E-state index contributed by atoms with van der Waals surface area (Å²) >= 11 is 0. The Balaban J connectivity index is 1.74. The van der Waals surface area contributed by atoms with E-state index in [-0.39, 0.29) is 5.78 Å². The number of benzene rings is 2. The highest BCUT2D eigenvalue weighted by Crippen LogP contribution is 2.18. The Morgan fingerprint density at radius 3 is 2.50 bits per heavy atom. The first-order chi connectivity index (χ1) is 11.6. The summed E-state index contributed by atoms with van der Waals surface area (Å²) in [6, 6.07) is 15.1. The molecule has 1 heterocycles. The molecule has 3 aromatic rings. The molecule has 0 aliphatic carbocycles. The number of aryl methyl sites for hydroxylation is 1. The van der Waals surface area contributed by atoms with Gasteiger partial charge in [0.05, 0.1) is 6.20 Å². The molecule has 24 heavy (non-hydrogen) atoms. The number of nitrogens with zero attached hydrogens (tertiary/aromatic N) is 3. The molecule has 0 atom stereocenters. The van der Waals surface area contributed by atoms with Crippen LogP contribution in [0.15, 0.2) is 54.7 Å². The van der Waals surface area contributed by atoms with E-state index in [0.29, 0.717) is 17.3 Å². The fourth-order valence-electron chi connectivity index (χ4n) is 2.20. The molecule has 0 unspecified atom stereocenters. The van der Waals surface area contributed by atoms with E-state index in [2.05, 4.69) is 25.8 Å². The molecule has 6 nitrogen and oxygen atoms in total. The first-order valence-electron chi connectivity index (χ1n) is 7.51. The van der Waals surface area contributed by atoms with Gasteiger partial charge in [0.15, 0.2) is 11.6 Å². The van der Waals surface area contributed by atoms with Crippen molar-refractivity contribution in [3.8, 4) is 0 Å². The second-order valence-corrected chi connectivity index (χ2v) is 5.42. The first-order valence-corrected chi connectivity index (χ1v) is 7.51. The number of aromatic nitrogens is 3. The molecule has 0 spiro atoms. The van der Waals surface area contributed by atoms with Crippen molar-refractivity contribution in [2.75, 3.05) is 10.6 Å². The largest absolute Gasteiger partial charge is 0.339 e. The van der Waals surface area contributed by atoms with E-state index in [1.807, 2.05) is 31.2 Å². The Morgan fingerprint density at radius 2 is 1.79 bits per heavy atom. The number of ketones is 1. The Morgan fingerprint density at radius 1 is 1.00 bits per heavy atom. The van der Waals surface area contributed by atoms with Crippen LogP contribution >= 0.6 is 0 Å². The van der Waals surface area contributed by atoms with E-state index in [0.717, 1.165) is 16.9 Å². The van der Waals surface area contributed by atoms with E-state index >= 15 is 0 Å². The molecular formula is C18H17N5O. The molecule has 0 radical (unpaired) electrons. The first kappa shape index (κ1) is 15.6. The monoisotopic (exact) mass is 319 g/mol. The third-order valence-electron chi connectivity index (χ3n) is 3.40. The van der Waals surface area contributed by atoms with E-state index in [1.54, 1.807) is 30.5 Å². The van der Waals surface area contributed by atoms with Crippen LogP contribution in [-0.4, -0.2) is 21.0 Å². The smallest absolute Gasteiger partial charge is 0.249 e. The van der Waals surface area contributed by atoms with Gasteiger partial charge in [-0.1, -0.05) is 12.1 Å². The number of anilines is 4. The van der Waals surface area contributed by atoms with Gasteiger partial charge in [-0.15, -0.1) is 5.10 Å². The van der Waals surface area contributed by atoms with Crippen molar-refractivity contribution in [2.45, 2.75) is 13.8 Å². The zero-order valence-electron chi connectivity index (χ0n) is 13.4. The lowest BCUT2D eigenvalue weighted by Crippen LogP contribution is -2.02. The Kier molecular flexibility index (Phi) is 4.47. The lowest BCUT2D eigenvalue weighted by atomic mass is 10.1. The lowest BCUT2D eigenvalue weighted by molar-refractivity contribution is 0.101. The fraction of sp³-hybridized carbons (Fsp3) is 0.111. The molecule has 0 aliphatic heterocycles. The van der Waals surface area contributed by atoms with Crippen molar-refractivity contribution >= 4 is 28.9 Å². The Labute approximate surface area is 140 Å². The van der Waals surface area contributed by atoms with Gasteiger partial charge >= 0.3 is 0 Å². The minimum atomic E-state index is 0.0313. The lowest BCUT2D eigenvalue weighted by Gasteiger charge is -2.08. The minimum Gasteiger partial charge on any atom is -0.339 e. The highest BCUT2D eigenvalue weighted by atomic mass is 16.1. The van der Waals surface area contributed by atoms with Crippen molar-refractivity contribution in [2.24, 2.45) is 0 Å². The molecule has 2 aromatic carbocycles. The van der Waals surface area contributed by atoms with E-state index in [4.69, 9.17) is 0 Å². The Hall–Kier alpha value is -3.28. The van der Waals surface area contributed by atoms with Crippen molar-refractivity contribution in [3.63, 3.8) is 0 Å². The van der Waals surface area contributed by atoms with Gasteiger partial charge in [0, 0.05) is 16.9 Å². The van der Waals surface area contributed by atoms with Gasteiger partial charge in [-0.2, -0.15) is 10.1 Å². The maximum atomic E-state index is 11.3. The number of carbonyl (C=O) groups excluding carboxylic acids is 1. The minimum absolute atomic E-state index is 0.0313. The number of hydrogen-bond donors (Lipinski definition) is 2. The van der Waals surface area contributed by atoms with Crippen LogP contribution in [0.1, 0.15) is 22.8 Å². The summed E-state index contributed by atoms with van der Waals surface area (Å²) < 4.78 is 0. The molecule has 2 N–H and O–H groups in total. The normalized spacial score (nSPS) is 10.2. The summed E-state index contributed by atoms with van der Waals surface area (Å²) in [6.45, 7) is 3.57. The van der Waals surface area contributed by atoms with Gasteiger partial charge in [-0.05, 0) is 55.8 Å². The number of rotatable bonds is 5. The summed E-state index contributed by atoms with van der Waals surface area (Å²) in [5.74, 6) is 1.01. The van der Waals surface area contributed by atoms with Gasteiger partial charge in [0.25, 0.3) is 0 Å². The third kappa shape index (κ3) is 3.92. The van der Waals surface area contributed by atoms with Gasteiger partial charge < -0.3 is 10.6 Å². The topological polar surface area (TPSA) is 79.8 Å². The predicted octanol–water partition coefficient (Wildman–Crippen LogP) is 3.87. The standard InChI is InChI=1S/C18H17N5O/c1-12-4-3-5-16(10-12)20-17-11-19-23-18(22-17)21-15-8-6-14(7-9-15)13(2)24/h3-11H,1-2H3,(H2,20,21,22,23). The quantitative estimate of drug-likeness (QED) is 0.695. The maximum absolute atomic E-state index is 11.3. The fourth-order valence-corrected chi connectivity index (χ4v) is 2.20. The van der Waals surface area contributed by atoms with Crippen molar-refractivity contribution < 1.29 is 4.79 Å². The summed E-state index contributed by atoms with van der Waals surface area (Å²) in [7, 11) is 0. The molecule has 0 amide bonds. The van der Waals surface area contributed by atoms with Crippen LogP contribution in [0.2, 0.25) is 0 Å². The van der Waals surface area contributed by atoms with Crippen molar-refractivity contribution in [3.05, 3.63) is 65.9 Å². The molecule has 0 fully saturated rings. The second-order valence-electron chi connectivity index (χ2n) is 5.42. The molecule has 0 aliphatic rings. The van der Waals surface area contributed by atoms with Gasteiger partial charge in [0.2, 0.25) is 5.95 Å². The molecule has 120 valence electrons. The number of nitrogens with one attached hydrogen (secondary N) is 2. The van der Waals surface area contributed by atoms with Gasteiger partial charge in [-0.3, -0.25) is 4.79 Å². The van der Waals surface area contributed by atoms with Crippen LogP contribution in [-0.2, 0) is 0 Å². The van der Waals surface area contributed by atoms with E-state index < -0.39 is 0 Å². The summed E-state index contributed by atoms with van der Waals surface area (Å²) in [4.78, 5) is 15.7. The van der Waals surface area contributed by atoms with Crippen LogP contribution in [0.5, 0.6) is 0 Å². The van der Waals surface area contributed by atoms with E-state index in [1.165, 1.54) is 6.92 Å². The summed E-state index contributed by atoms with van der Waals surface area (Å²) in [5.41, 5.74) is 3.54. The zero-order chi connectivity index (χ0) is 16.9. The van der Waals surface area contributed by atoms with Gasteiger partial charge in [0.1, 0.15) is 0 Å². The van der Waals surface area contributed by atoms with Crippen molar-refractivity contribution in [1.82, 2.24) is 15.2 Å². The summed E-state index contributed by atoms with van der Waals surface area (Å²) in [5, 5.41) is 14.2. The molecule has 0 bridgehead atoms. The molecule has 0 saturated heterocycles. The average Bonchev–Trinajstić information content (AvgIpc) is 2.56. The number of hydrogen-bond acceptors (Lipinski definition) is 6. The van der Waals surface area contributed by atoms with Crippen LogP contribution in [0.4, 0.5) is 23.1 Å².